The molecule has 0 radical (unpaired) electrons. The molecule has 1 aromatic carbocycles. The van der Waals surface area contributed by atoms with Crippen LogP contribution in [0.3, 0.4) is 0 Å². The van der Waals surface area contributed by atoms with Crippen molar-refractivity contribution in [2.45, 2.75) is 19.9 Å². The van der Waals surface area contributed by atoms with Gasteiger partial charge in [-0.1, -0.05) is 23.7 Å². The van der Waals surface area contributed by atoms with E-state index in [0.717, 1.165) is 31.7 Å². The van der Waals surface area contributed by atoms with Crippen LogP contribution in [0.5, 0.6) is 5.75 Å². The van der Waals surface area contributed by atoms with E-state index in [9.17, 15) is 0 Å². The van der Waals surface area contributed by atoms with Crippen molar-refractivity contribution < 1.29 is 4.74 Å². The van der Waals surface area contributed by atoms with Gasteiger partial charge in [0.1, 0.15) is 5.75 Å². The molecule has 1 heterocycles. The Morgan fingerprint density at radius 1 is 1.22 bits per heavy atom. The molecule has 1 unspecified atom stereocenters. The van der Waals surface area contributed by atoms with E-state index in [2.05, 4.69) is 12.1 Å². The van der Waals surface area contributed by atoms with Gasteiger partial charge >= 0.3 is 0 Å². The summed E-state index contributed by atoms with van der Waals surface area (Å²) in [6, 6.07) is 7.87. The summed E-state index contributed by atoms with van der Waals surface area (Å²) in [7, 11) is 1.69. The van der Waals surface area contributed by atoms with Gasteiger partial charge in [-0.25, -0.2) is 0 Å². The van der Waals surface area contributed by atoms with Crippen LogP contribution in [-0.2, 0) is 0 Å². The van der Waals surface area contributed by atoms with Gasteiger partial charge in [-0.3, -0.25) is 0 Å². The number of aryl methyl sites for hydroxylation is 2. The molecule has 4 heteroatoms. The molecule has 1 aromatic heterocycles. The molecule has 1 atom stereocenters. The average Bonchev–Trinajstić information content (AvgIpc) is 2.74. The normalized spacial score (nSPS) is 12.5. The number of thiophene rings is 1. The topological polar surface area (TPSA) is 35.2 Å². The van der Waals surface area contributed by atoms with Gasteiger partial charge in [0.25, 0.3) is 0 Å². The highest BCUT2D eigenvalue weighted by atomic mass is 35.5. The van der Waals surface area contributed by atoms with Crippen molar-refractivity contribution in [1.29, 1.82) is 0 Å². The minimum Gasteiger partial charge on any atom is -0.496 e. The minimum atomic E-state index is -0.134. The lowest BCUT2D eigenvalue weighted by molar-refractivity contribution is 0.408. The summed E-state index contributed by atoms with van der Waals surface area (Å²) in [5.41, 5.74) is 9.56. The monoisotopic (exact) mass is 281 g/mol. The predicted molar refractivity (Wildman–Crippen MR) is 77.8 cm³/mol. The third-order valence-electron chi connectivity index (χ3n) is 2.95. The number of benzene rings is 1. The van der Waals surface area contributed by atoms with Gasteiger partial charge in [-0.05, 0) is 42.7 Å². The summed E-state index contributed by atoms with van der Waals surface area (Å²) in [6.07, 6.45) is 0. The minimum absolute atomic E-state index is 0.134. The first-order valence-electron chi connectivity index (χ1n) is 5.69. The van der Waals surface area contributed by atoms with E-state index in [1.165, 1.54) is 11.3 Å². The maximum atomic E-state index is 6.27. The van der Waals surface area contributed by atoms with Gasteiger partial charge in [-0.2, -0.15) is 0 Å². The van der Waals surface area contributed by atoms with Crippen LogP contribution >= 0.6 is 22.9 Å². The van der Waals surface area contributed by atoms with Crippen molar-refractivity contribution in [3.63, 3.8) is 0 Å². The van der Waals surface area contributed by atoms with Gasteiger partial charge in [0.15, 0.2) is 0 Å². The molecule has 0 bridgehead atoms. The van der Waals surface area contributed by atoms with Gasteiger partial charge in [0.2, 0.25) is 0 Å². The van der Waals surface area contributed by atoms with Crippen molar-refractivity contribution in [3.8, 4) is 5.75 Å². The third kappa shape index (κ3) is 2.53. The smallest absolute Gasteiger partial charge is 0.124 e. The second-order valence-corrected chi connectivity index (χ2v) is 6.05. The quantitative estimate of drug-likeness (QED) is 0.920. The summed E-state index contributed by atoms with van der Waals surface area (Å²) in [6.45, 7) is 4.06. The lowest BCUT2D eigenvalue weighted by Crippen LogP contribution is -2.11. The highest BCUT2D eigenvalue weighted by Gasteiger charge is 2.14. The molecule has 2 nitrogen and oxygen atoms in total. The number of hydrogen-bond donors (Lipinski definition) is 1. The van der Waals surface area contributed by atoms with Gasteiger partial charge in [0.05, 0.1) is 17.5 Å². The predicted octanol–water partition coefficient (Wildman–Crippen LogP) is 4.08. The number of rotatable bonds is 3. The van der Waals surface area contributed by atoms with Crippen molar-refractivity contribution in [3.05, 3.63) is 50.2 Å². The van der Waals surface area contributed by atoms with E-state index in [0.29, 0.717) is 0 Å². The molecule has 96 valence electrons. The highest BCUT2D eigenvalue weighted by Crippen LogP contribution is 2.32. The molecule has 0 spiro atoms. The van der Waals surface area contributed by atoms with Crippen molar-refractivity contribution in [2.75, 3.05) is 7.11 Å². The highest BCUT2D eigenvalue weighted by molar-refractivity contribution is 7.16. The van der Waals surface area contributed by atoms with Crippen LogP contribution in [0.4, 0.5) is 0 Å². The van der Waals surface area contributed by atoms with E-state index in [1.807, 2.05) is 26.0 Å². The molecule has 0 amide bonds. The fraction of sp³-hybridized carbons (Fsp3) is 0.286. The van der Waals surface area contributed by atoms with Crippen molar-refractivity contribution in [1.82, 2.24) is 0 Å². The standard InChI is InChI=1S/C14H16ClNOS/c1-8-6-10(7-9(2)14(8)17-3)13(16)11-4-5-12(15)18-11/h4-7,13H,16H2,1-3H3. The van der Waals surface area contributed by atoms with E-state index in [4.69, 9.17) is 22.1 Å². The first kappa shape index (κ1) is 13.4. The summed E-state index contributed by atoms with van der Waals surface area (Å²) < 4.78 is 6.13. The molecule has 2 N–H and O–H groups in total. The molecule has 2 rings (SSSR count). The zero-order valence-corrected chi connectivity index (χ0v) is 12.2. The molecular weight excluding hydrogens is 266 g/mol. The van der Waals surface area contributed by atoms with E-state index in [-0.39, 0.29) is 6.04 Å². The maximum absolute atomic E-state index is 6.27. The second kappa shape index (κ2) is 5.31. The third-order valence-corrected chi connectivity index (χ3v) is 4.26. The number of methoxy groups -OCH3 is 1. The van der Waals surface area contributed by atoms with Gasteiger partial charge < -0.3 is 10.5 Å². The zero-order chi connectivity index (χ0) is 13.3. The Hall–Kier alpha value is -1.03. The SMILES string of the molecule is COc1c(C)cc(C(N)c2ccc(Cl)s2)cc1C. The second-order valence-electron chi connectivity index (χ2n) is 4.31. The molecule has 0 aliphatic rings. The molecule has 18 heavy (non-hydrogen) atoms. The van der Waals surface area contributed by atoms with Crippen LogP contribution in [-0.4, -0.2) is 7.11 Å². The summed E-state index contributed by atoms with van der Waals surface area (Å²) >= 11 is 7.47. The Morgan fingerprint density at radius 2 is 1.83 bits per heavy atom. The average molecular weight is 282 g/mol. The fourth-order valence-electron chi connectivity index (χ4n) is 2.14. The molecule has 0 saturated carbocycles. The van der Waals surface area contributed by atoms with E-state index >= 15 is 0 Å². The van der Waals surface area contributed by atoms with E-state index < -0.39 is 0 Å². The Balaban J connectivity index is 2.40. The fourth-order valence-corrected chi connectivity index (χ4v) is 3.24. The van der Waals surface area contributed by atoms with Gasteiger partial charge in [0, 0.05) is 4.88 Å². The largest absolute Gasteiger partial charge is 0.496 e. The number of nitrogens with two attached hydrogens (primary N) is 1. The van der Waals surface area contributed by atoms with Crippen LogP contribution in [0.1, 0.15) is 27.6 Å². The van der Waals surface area contributed by atoms with Crippen LogP contribution in [0.25, 0.3) is 0 Å². The number of halogens is 1. The number of ether oxygens (including phenoxy) is 1. The Bertz CT molecular complexity index is 542. The maximum Gasteiger partial charge on any atom is 0.124 e. The Labute approximate surface area is 116 Å². The molecule has 2 aromatic rings. The molecule has 0 fully saturated rings. The summed E-state index contributed by atoms with van der Waals surface area (Å²) in [5.74, 6) is 0.926. The number of hydrogen-bond acceptors (Lipinski definition) is 3. The summed E-state index contributed by atoms with van der Waals surface area (Å²) in [5, 5.41) is 0. The molecule has 0 aliphatic carbocycles. The summed E-state index contributed by atoms with van der Waals surface area (Å²) in [4.78, 5) is 1.07. The van der Waals surface area contributed by atoms with Crippen LogP contribution < -0.4 is 10.5 Å². The van der Waals surface area contributed by atoms with Gasteiger partial charge in [-0.15, -0.1) is 11.3 Å². The van der Waals surface area contributed by atoms with Crippen LogP contribution in [0, 0.1) is 13.8 Å². The van der Waals surface area contributed by atoms with E-state index in [1.54, 1.807) is 7.11 Å². The molecular formula is C14H16ClNOS. The zero-order valence-electron chi connectivity index (χ0n) is 10.7. The Morgan fingerprint density at radius 3 is 2.28 bits per heavy atom. The first-order valence-corrected chi connectivity index (χ1v) is 6.88. The van der Waals surface area contributed by atoms with Crippen LogP contribution in [0.15, 0.2) is 24.3 Å². The lowest BCUT2D eigenvalue weighted by Gasteiger charge is -2.15. The molecule has 0 saturated heterocycles. The Kier molecular flexibility index (Phi) is 3.95. The van der Waals surface area contributed by atoms with Crippen molar-refractivity contribution >= 4 is 22.9 Å². The first-order chi connectivity index (χ1) is 8.52. The lowest BCUT2D eigenvalue weighted by atomic mass is 10.00. The van der Waals surface area contributed by atoms with Crippen molar-refractivity contribution in [2.24, 2.45) is 5.73 Å². The molecule has 0 aliphatic heterocycles. The van der Waals surface area contributed by atoms with Crippen LogP contribution in [0.2, 0.25) is 4.34 Å².